The molecule has 1 aromatic carbocycles. The van der Waals surface area contributed by atoms with Gasteiger partial charge in [-0.2, -0.15) is 11.8 Å². The lowest BCUT2D eigenvalue weighted by Crippen LogP contribution is -2.42. The maximum Gasteiger partial charge on any atom is 0.220 e. The summed E-state index contributed by atoms with van der Waals surface area (Å²) in [6.45, 7) is 4.08. The molecule has 0 heterocycles. The summed E-state index contributed by atoms with van der Waals surface area (Å²) in [4.78, 5) is 11.9. The minimum Gasteiger partial charge on any atom is -0.387 e. The number of benzene rings is 1. The fourth-order valence-electron chi connectivity index (χ4n) is 2.13. The first-order valence-corrected chi connectivity index (χ1v) is 8.82. The summed E-state index contributed by atoms with van der Waals surface area (Å²) in [5.74, 6) is 0.836. The maximum absolute atomic E-state index is 11.9. The van der Waals surface area contributed by atoms with Crippen LogP contribution in [0.5, 0.6) is 0 Å². The van der Waals surface area contributed by atoms with Gasteiger partial charge in [-0.1, -0.05) is 30.7 Å². The summed E-state index contributed by atoms with van der Waals surface area (Å²) in [6, 6.07) is 7.70. The Morgan fingerprint density at radius 2 is 2.05 bits per heavy atom. The van der Waals surface area contributed by atoms with E-state index in [0.29, 0.717) is 18.7 Å². The Bertz CT molecular complexity index is 448. The van der Waals surface area contributed by atoms with Crippen LogP contribution in [0.3, 0.4) is 0 Å². The number of hydrogen-bond acceptors (Lipinski definition) is 3. The highest BCUT2D eigenvalue weighted by atomic mass is 35.5. The van der Waals surface area contributed by atoms with Crippen LogP contribution in [0.4, 0.5) is 0 Å². The fourth-order valence-corrected chi connectivity index (χ4v) is 2.98. The number of amides is 1. The van der Waals surface area contributed by atoms with E-state index in [2.05, 4.69) is 5.32 Å². The minimum absolute atomic E-state index is 0.0159. The largest absolute Gasteiger partial charge is 0.387 e. The third-order valence-electron chi connectivity index (χ3n) is 3.15. The molecule has 3 nitrogen and oxygen atoms in total. The van der Waals surface area contributed by atoms with Gasteiger partial charge in [-0.25, -0.2) is 0 Å². The highest BCUT2D eigenvalue weighted by Gasteiger charge is 2.20. The lowest BCUT2D eigenvalue weighted by atomic mass is 9.97. The van der Waals surface area contributed by atoms with Gasteiger partial charge in [0.25, 0.3) is 0 Å². The predicted octanol–water partition coefficient (Wildman–Crippen LogP) is 3.14. The number of aliphatic hydroxyl groups is 1. The number of thioether (sulfide) groups is 1. The van der Waals surface area contributed by atoms with Crippen LogP contribution in [-0.2, 0) is 11.2 Å². The zero-order chi connectivity index (χ0) is 15.9. The van der Waals surface area contributed by atoms with Crippen molar-refractivity contribution < 1.29 is 9.90 Å². The van der Waals surface area contributed by atoms with Crippen LogP contribution in [0.1, 0.15) is 25.8 Å². The molecule has 1 rings (SSSR count). The average Bonchev–Trinajstić information content (AvgIpc) is 2.39. The van der Waals surface area contributed by atoms with Gasteiger partial charge in [0, 0.05) is 23.7 Å². The molecule has 21 heavy (non-hydrogen) atoms. The normalized spacial score (nSPS) is 15.3. The van der Waals surface area contributed by atoms with Crippen molar-refractivity contribution in [3.05, 3.63) is 34.9 Å². The van der Waals surface area contributed by atoms with Gasteiger partial charge in [0.15, 0.2) is 0 Å². The van der Waals surface area contributed by atoms with Gasteiger partial charge in [0.1, 0.15) is 0 Å². The number of nitrogens with one attached hydrogen (secondary N) is 1. The second-order valence-electron chi connectivity index (χ2n) is 5.85. The van der Waals surface area contributed by atoms with Gasteiger partial charge in [0.05, 0.1) is 5.60 Å². The molecule has 5 heteroatoms. The van der Waals surface area contributed by atoms with Gasteiger partial charge in [-0.05, 0) is 43.2 Å². The summed E-state index contributed by atoms with van der Waals surface area (Å²) in [5.41, 5.74) is 0.322. The second kappa shape index (κ2) is 8.66. The van der Waals surface area contributed by atoms with Gasteiger partial charge in [-0.15, -0.1) is 0 Å². The van der Waals surface area contributed by atoms with E-state index in [4.69, 9.17) is 11.6 Å². The van der Waals surface area contributed by atoms with Crippen molar-refractivity contribution in [3.8, 4) is 0 Å². The van der Waals surface area contributed by atoms with Crippen LogP contribution in [0.2, 0.25) is 5.02 Å². The SMILES string of the molecule is CSCC(C)(O)CNC(=O)CC(C)Cc1ccc(Cl)cc1. The van der Waals surface area contributed by atoms with Crippen LogP contribution < -0.4 is 5.32 Å². The highest BCUT2D eigenvalue weighted by Crippen LogP contribution is 2.15. The third kappa shape index (κ3) is 7.74. The minimum atomic E-state index is -0.853. The van der Waals surface area contributed by atoms with Crippen molar-refractivity contribution in [1.29, 1.82) is 0 Å². The number of carbonyl (C=O) groups excluding carboxylic acids is 1. The zero-order valence-corrected chi connectivity index (χ0v) is 14.4. The molecule has 0 saturated heterocycles. The van der Waals surface area contributed by atoms with E-state index in [1.165, 1.54) is 5.56 Å². The zero-order valence-electron chi connectivity index (χ0n) is 12.9. The number of carbonyl (C=O) groups is 1. The van der Waals surface area contributed by atoms with Crippen molar-refractivity contribution in [3.63, 3.8) is 0 Å². The number of rotatable bonds is 8. The molecule has 0 radical (unpaired) electrons. The first kappa shape index (κ1) is 18.3. The Kier molecular flexibility index (Phi) is 7.57. The van der Waals surface area contributed by atoms with Crippen LogP contribution >= 0.6 is 23.4 Å². The van der Waals surface area contributed by atoms with Crippen molar-refractivity contribution >= 4 is 29.3 Å². The molecule has 0 fully saturated rings. The Morgan fingerprint density at radius 1 is 1.43 bits per heavy atom. The topological polar surface area (TPSA) is 49.3 Å². The molecule has 2 atom stereocenters. The molecule has 2 unspecified atom stereocenters. The molecule has 1 aromatic rings. The lowest BCUT2D eigenvalue weighted by molar-refractivity contribution is -0.122. The lowest BCUT2D eigenvalue weighted by Gasteiger charge is -2.23. The van der Waals surface area contributed by atoms with Crippen molar-refractivity contribution in [2.45, 2.75) is 32.3 Å². The molecule has 118 valence electrons. The van der Waals surface area contributed by atoms with Crippen LogP contribution in [0, 0.1) is 5.92 Å². The number of halogens is 1. The molecule has 0 aromatic heterocycles. The third-order valence-corrected chi connectivity index (χ3v) is 4.32. The molecule has 2 N–H and O–H groups in total. The van der Waals surface area contributed by atoms with E-state index in [0.717, 1.165) is 11.4 Å². The summed E-state index contributed by atoms with van der Waals surface area (Å²) in [5, 5.41) is 13.5. The van der Waals surface area contributed by atoms with Gasteiger partial charge < -0.3 is 10.4 Å². The van der Waals surface area contributed by atoms with E-state index < -0.39 is 5.60 Å². The van der Waals surface area contributed by atoms with Gasteiger partial charge in [-0.3, -0.25) is 4.79 Å². The summed E-state index contributed by atoms with van der Waals surface area (Å²) >= 11 is 7.42. The first-order chi connectivity index (χ1) is 9.82. The van der Waals surface area contributed by atoms with Crippen LogP contribution in [-0.4, -0.2) is 35.2 Å². The van der Waals surface area contributed by atoms with Gasteiger partial charge in [0.2, 0.25) is 5.91 Å². The standard InChI is InChI=1S/C16H24ClNO2S/c1-12(8-13-4-6-14(17)7-5-13)9-15(19)18-10-16(2,20)11-21-3/h4-7,12,20H,8-11H2,1-3H3,(H,18,19). The average molecular weight is 330 g/mol. The fraction of sp³-hybridized carbons (Fsp3) is 0.562. The molecule has 0 spiro atoms. The van der Waals surface area contributed by atoms with E-state index in [-0.39, 0.29) is 11.8 Å². The van der Waals surface area contributed by atoms with E-state index in [1.54, 1.807) is 18.7 Å². The highest BCUT2D eigenvalue weighted by molar-refractivity contribution is 7.98. The summed E-state index contributed by atoms with van der Waals surface area (Å²) < 4.78 is 0. The molecule has 0 saturated carbocycles. The monoisotopic (exact) mass is 329 g/mol. The summed E-state index contributed by atoms with van der Waals surface area (Å²) in [6.07, 6.45) is 3.23. The molecule has 0 bridgehead atoms. The van der Waals surface area contributed by atoms with Gasteiger partial charge >= 0.3 is 0 Å². The Labute approximate surface area is 136 Å². The Balaban J connectivity index is 2.35. The molecular formula is C16H24ClNO2S. The maximum atomic E-state index is 11.9. The molecule has 0 aliphatic rings. The smallest absolute Gasteiger partial charge is 0.220 e. The van der Waals surface area contributed by atoms with E-state index in [9.17, 15) is 9.90 Å². The molecule has 0 aliphatic carbocycles. The van der Waals surface area contributed by atoms with E-state index >= 15 is 0 Å². The van der Waals surface area contributed by atoms with Crippen LogP contribution in [0.15, 0.2) is 24.3 Å². The van der Waals surface area contributed by atoms with E-state index in [1.807, 2.05) is 37.4 Å². The second-order valence-corrected chi connectivity index (χ2v) is 7.15. The Morgan fingerprint density at radius 3 is 2.62 bits per heavy atom. The molecule has 1 amide bonds. The van der Waals surface area contributed by atoms with Crippen molar-refractivity contribution in [1.82, 2.24) is 5.32 Å². The summed E-state index contributed by atoms with van der Waals surface area (Å²) in [7, 11) is 0. The first-order valence-electron chi connectivity index (χ1n) is 7.05. The molecular weight excluding hydrogens is 306 g/mol. The molecule has 0 aliphatic heterocycles. The number of hydrogen-bond donors (Lipinski definition) is 2. The van der Waals surface area contributed by atoms with Crippen molar-refractivity contribution in [2.75, 3.05) is 18.6 Å². The van der Waals surface area contributed by atoms with Crippen molar-refractivity contribution in [2.24, 2.45) is 5.92 Å². The predicted molar refractivity (Wildman–Crippen MR) is 91.0 cm³/mol. The Hall–Kier alpha value is -0.710. The quantitative estimate of drug-likeness (QED) is 0.770. The van der Waals surface area contributed by atoms with Crippen LogP contribution in [0.25, 0.3) is 0 Å².